The van der Waals surface area contributed by atoms with Gasteiger partial charge in [0.1, 0.15) is 0 Å². The first kappa shape index (κ1) is 21.3. The predicted octanol–water partition coefficient (Wildman–Crippen LogP) is 3.21. The third-order valence-corrected chi connectivity index (χ3v) is 7.11. The molecular weight excluding hydrogens is 386 g/mol. The summed E-state index contributed by atoms with van der Waals surface area (Å²) in [7, 11) is -3.50. The van der Waals surface area contributed by atoms with Crippen molar-refractivity contribution in [2.24, 2.45) is 0 Å². The molecule has 0 unspecified atom stereocenters. The second-order valence-corrected chi connectivity index (χ2v) is 9.50. The number of rotatable bonds is 7. The highest BCUT2D eigenvalue weighted by molar-refractivity contribution is 7.89. The number of amides is 1. The number of hydrogen-bond donors (Lipinski definition) is 2. The van der Waals surface area contributed by atoms with Gasteiger partial charge in [0.15, 0.2) is 0 Å². The molecule has 1 saturated heterocycles. The largest absolute Gasteiger partial charge is 0.376 e. The molecule has 0 saturated carbocycles. The quantitative estimate of drug-likeness (QED) is 0.728. The van der Waals surface area contributed by atoms with Crippen molar-refractivity contribution in [3.8, 4) is 0 Å². The summed E-state index contributed by atoms with van der Waals surface area (Å²) < 4.78 is 27.3. The number of nitrogens with zero attached hydrogens (tertiary/aromatic N) is 1. The first-order chi connectivity index (χ1) is 13.9. The molecule has 29 heavy (non-hydrogen) atoms. The predicted molar refractivity (Wildman–Crippen MR) is 115 cm³/mol. The van der Waals surface area contributed by atoms with Crippen LogP contribution >= 0.6 is 0 Å². The van der Waals surface area contributed by atoms with Crippen molar-refractivity contribution in [2.45, 2.75) is 44.6 Å². The van der Waals surface area contributed by atoms with Gasteiger partial charge < -0.3 is 10.6 Å². The fraction of sp³-hybridized carbons (Fsp3) is 0.409. The van der Waals surface area contributed by atoms with Gasteiger partial charge in [-0.3, -0.25) is 4.79 Å². The van der Waals surface area contributed by atoms with Crippen LogP contribution in [-0.4, -0.2) is 38.3 Å². The first-order valence-electron chi connectivity index (χ1n) is 10.0. The van der Waals surface area contributed by atoms with Crippen molar-refractivity contribution in [2.75, 3.05) is 25.0 Å². The van der Waals surface area contributed by atoms with Crippen molar-refractivity contribution in [1.29, 1.82) is 0 Å². The lowest BCUT2D eigenvalue weighted by atomic mass is 10.1. The minimum Gasteiger partial charge on any atom is -0.376 e. The summed E-state index contributed by atoms with van der Waals surface area (Å²) in [5.41, 5.74) is 3.77. The highest BCUT2D eigenvalue weighted by Gasteiger charge is 2.26. The summed E-state index contributed by atoms with van der Waals surface area (Å²) in [4.78, 5) is 12.5. The Morgan fingerprint density at radius 2 is 1.69 bits per heavy atom. The maximum Gasteiger partial charge on any atom is 0.243 e. The van der Waals surface area contributed by atoms with Crippen LogP contribution in [0.1, 0.15) is 36.0 Å². The van der Waals surface area contributed by atoms with Crippen molar-refractivity contribution in [3.63, 3.8) is 0 Å². The number of benzene rings is 2. The van der Waals surface area contributed by atoms with E-state index in [-0.39, 0.29) is 17.3 Å². The standard InChI is InChI=1S/C22H29N3O3S/c1-17-6-9-19(10-7-17)15-24-22(26)16-23-21-14-20(11-8-18(21)2)29(27,28)25-12-4-3-5-13-25/h6-11,14,23H,3-5,12-13,15-16H2,1-2H3,(H,24,26). The Hall–Kier alpha value is -2.38. The lowest BCUT2D eigenvalue weighted by molar-refractivity contribution is -0.119. The van der Waals surface area contributed by atoms with E-state index in [9.17, 15) is 13.2 Å². The number of sulfonamides is 1. The number of aryl methyl sites for hydroxylation is 2. The average molecular weight is 416 g/mol. The third-order valence-electron chi connectivity index (χ3n) is 5.21. The van der Waals surface area contributed by atoms with Gasteiger partial charge in [-0.15, -0.1) is 0 Å². The zero-order valence-corrected chi connectivity index (χ0v) is 17.9. The van der Waals surface area contributed by atoms with Crippen LogP contribution in [0.5, 0.6) is 0 Å². The number of carbonyl (C=O) groups excluding carboxylic acids is 1. The van der Waals surface area contributed by atoms with Gasteiger partial charge in [-0.1, -0.05) is 42.3 Å². The molecule has 2 aromatic rings. The van der Waals surface area contributed by atoms with E-state index in [4.69, 9.17) is 0 Å². The van der Waals surface area contributed by atoms with Gasteiger partial charge in [0.05, 0.1) is 11.4 Å². The fourth-order valence-corrected chi connectivity index (χ4v) is 4.89. The topological polar surface area (TPSA) is 78.5 Å². The molecule has 0 radical (unpaired) electrons. The van der Waals surface area contributed by atoms with Gasteiger partial charge in [-0.2, -0.15) is 4.31 Å². The molecular formula is C22H29N3O3S. The molecule has 1 fully saturated rings. The van der Waals surface area contributed by atoms with Crippen LogP contribution in [0.3, 0.4) is 0 Å². The Morgan fingerprint density at radius 3 is 2.38 bits per heavy atom. The van der Waals surface area contributed by atoms with E-state index in [1.165, 1.54) is 5.56 Å². The minimum atomic E-state index is -3.50. The molecule has 6 nitrogen and oxygen atoms in total. The van der Waals surface area contributed by atoms with E-state index in [2.05, 4.69) is 10.6 Å². The number of anilines is 1. The van der Waals surface area contributed by atoms with E-state index in [1.54, 1.807) is 22.5 Å². The van der Waals surface area contributed by atoms with E-state index in [1.807, 2.05) is 38.1 Å². The second-order valence-electron chi connectivity index (χ2n) is 7.56. The molecule has 1 aliphatic heterocycles. The van der Waals surface area contributed by atoms with Gasteiger partial charge in [0.2, 0.25) is 15.9 Å². The van der Waals surface area contributed by atoms with E-state index < -0.39 is 10.0 Å². The number of hydrogen-bond acceptors (Lipinski definition) is 4. The van der Waals surface area contributed by atoms with Crippen molar-refractivity contribution in [3.05, 3.63) is 59.2 Å². The molecule has 0 spiro atoms. The summed E-state index contributed by atoms with van der Waals surface area (Å²) in [6.07, 6.45) is 2.87. The molecule has 0 aromatic heterocycles. The third kappa shape index (κ3) is 5.58. The first-order valence-corrected chi connectivity index (χ1v) is 11.5. The molecule has 7 heteroatoms. The van der Waals surface area contributed by atoms with Crippen LogP contribution < -0.4 is 10.6 Å². The summed E-state index contributed by atoms with van der Waals surface area (Å²) in [6, 6.07) is 13.1. The summed E-state index contributed by atoms with van der Waals surface area (Å²) in [5.74, 6) is -0.144. The Balaban J connectivity index is 1.61. The van der Waals surface area contributed by atoms with E-state index in [0.29, 0.717) is 25.3 Å². The lowest BCUT2D eigenvalue weighted by Crippen LogP contribution is -2.35. The van der Waals surface area contributed by atoms with Gasteiger partial charge in [-0.25, -0.2) is 8.42 Å². The van der Waals surface area contributed by atoms with Gasteiger partial charge in [0.25, 0.3) is 0 Å². The highest BCUT2D eigenvalue weighted by Crippen LogP contribution is 2.25. The Kier molecular flexibility index (Phi) is 6.92. The maximum atomic E-state index is 12.9. The van der Waals surface area contributed by atoms with Crippen molar-refractivity contribution in [1.82, 2.24) is 9.62 Å². The molecule has 1 aliphatic rings. The van der Waals surface area contributed by atoms with E-state index in [0.717, 1.165) is 30.4 Å². The number of nitrogens with one attached hydrogen (secondary N) is 2. The molecule has 0 bridgehead atoms. The van der Waals surface area contributed by atoms with Gasteiger partial charge in [-0.05, 0) is 49.9 Å². The van der Waals surface area contributed by atoms with Gasteiger partial charge in [0, 0.05) is 25.3 Å². The SMILES string of the molecule is Cc1ccc(CNC(=O)CNc2cc(S(=O)(=O)N3CCCCC3)ccc2C)cc1. The molecule has 0 atom stereocenters. The zero-order chi connectivity index (χ0) is 20.9. The second kappa shape index (κ2) is 9.41. The van der Waals surface area contributed by atoms with Crippen LogP contribution in [0, 0.1) is 13.8 Å². The van der Waals surface area contributed by atoms with Crippen LogP contribution in [-0.2, 0) is 21.4 Å². The van der Waals surface area contributed by atoms with Crippen LogP contribution in [0.15, 0.2) is 47.4 Å². The summed E-state index contributed by atoms with van der Waals surface area (Å²) in [6.45, 7) is 5.60. The molecule has 156 valence electrons. The molecule has 2 N–H and O–H groups in total. The smallest absolute Gasteiger partial charge is 0.243 e. The van der Waals surface area contributed by atoms with Gasteiger partial charge >= 0.3 is 0 Å². The molecule has 1 amide bonds. The van der Waals surface area contributed by atoms with Crippen LogP contribution in [0.2, 0.25) is 0 Å². The zero-order valence-electron chi connectivity index (χ0n) is 17.1. The van der Waals surface area contributed by atoms with Crippen molar-refractivity contribution >= 4 is 21.6 Å². The summed E-state index contributed by atoms with van der Waals surface area (Å²) >= 11 is 0. The highest BCUT2D eigenvalue weighted by atomic mass is 32.2. The molecule has 0 aliphatic carbocycles. The molecule has 1 heterocycles. The molecule has 2 aromatic carbocycles. The fourth-order valence-electron chi connectivity index (χ4n) is 3.35. The summed E-state index contributed by atoms with van der Waals surface area (Å²) in [5, 5.41) is 5.96. The van der Waals surface area contributed by atoms with E-state index >= 15 is 0 Å². The maximum absolute atomic E-state index is 12.9. The van der Waals surface area contributed by atoms with Crippen LogP contribution in [0.25, 0.3) is 0 Å². The minimum absolute atomic E-state index is 0.0833. The number of piperidine rings is 1. The monoisotopic (exact) mass is 415 g/mol. The van der Waals surface area contributed by atoms with Crippen molar-refractivity contribution < 1.29 is 13.2 Å². The lowest BCUT2D eigenvalue weighted by Gasteiger charge is -2.26. The Bertz CT molecular complexity index is 950. The Morgan fingerprint density at radius 1 is 1.00 bits per heavy atom. The van der Waals surface area contributed by atoms with Crippen LogP contribution in [0.4, 0.5) is 5.69 Å². The number of carbonyl (C=O) groups is 1. The molecule has 3 rings (SSSR count). The Labute approximate surface area is 173 Å². The normalized spacial score (nSPS) is 15.1. The average Bonchev–Trinajstić information content (AvgIpc) is 2.73.